The number of amides is 2. The van der Waals surface area contributed by atoms with Crippen LogP contribution in [-0.4, -0.2) is 16.1 Å². The van der Waals surface area contributed by atoms with E-state index in [1.54, 1.807) is 30.3 Å². The Bertz CT molecular complexity index is 1260. The molecule has 1 aliphatic carbocycles. The van der Waals surface area contributed by atoms with Gasteiger partial charge in [0, 0.05) is 11.6 Å². The molecule has 2 atom stereocenters. The van der Waals surface area contributed by atoms with Crippen molar-refractivity contribution >= 4 is 58.0 Å². The van der Waals surface area contributed by atoms with Crippen LogP contribution in [0.5, 0.6) is 0 Å². The van der Waals surface area contributed by atoms with Gasteiger partial charge in [0.1, 0.15) is 21.5 Å². The Kier molecular flexibility index (Phi) is 6.31. The van der Waals surface area contributed by atoms with E-state index in [1.165, 1.54) is 12.1 Å². The lowest BCUT2D eigenvalue weighted by Gasteiger charge is -2.11. The molecule has 3 aromatic carbocycles. The minimum absolute atomic E-state index is 0.165. The van der Waals surface area contributed by atoms with Crippen LogP contribution in [0.2, 0.25) is 5.02 Å². The Morgan fingerprint density at radius 2 is 1.55 bits per heavy atom. The molecule has 0 radical (unpaired) electrons. The Morgan fingerprint density at radius 1 is 0.879 bits per heavy atom. The molecule has 0 heterocycles. The fraction of sp³-hybridized carbons (Fsp3) is 0.130. The maximum Gasteiger partial charge on any atom is 0.261 e. The molecule has 33 heavy (non-hydrogen) atoms. The van der Waals surface area contributed by atoms with Gasteiger partial charge in [-0.15, -0.1) is 23.2 Å². The lowest BCUT2D eigenvalue weighted by Crippen LogP contribution is -2.21. The van der Waals surface area contributed by atoms with Gasteiger partial charge in [0.25, 0.3) is 5.91 Å². The fourth-order valence-electron chi connectivity index (χ4n) is 3.56. The van der Waals surface area contributed by atoms with E-state index in [-0.39, 0.29) is 5.02 Å². The van der Waals surface area contributed by atoms with Crippen molar-refractivity contribution in [2.45, 2.75) is 10.3 Å². The first-order valence-electron chi connectivity index (χ1n) is 9.59. The molecule has 3 aromatic rings. The van der Waals surface area contributed by atoms with E-state index in [2.05, 4.69) is 10.6 Å². The van der Waals surface area contributed by atoms with Gasteiger partial charge in [0.05, 0.1) is 16.6 Å². The molecule has 4 nitrogen and oxygen atoms in total. The predicted octanol–water partition coefficient (Wildman–Crippen LogP) is 6.54. The largest absolute Gasteiger partial charge is 0.323 e. The van der Waals surface area contributed by atoms with Crippen LogP contribution >= 0.6 is 34.8 Å². The first-order valence-corrected chi connectivity index (χ1v) is 10.7. The summed E-state index contributed by atoms with van der Waals surface area (Å²) in [6.45, 7) is 0. The van der Waals surface area contributed by atoms with Gasteiger partial charge in [0.15, 0.2) is 5.82 Å². The van der Waals surface area contributed by atoms with Crippen LogP contribution in [0.15, 0.2) is 60.7 Å². The zero-order valence-corrected chi connectivity index (χ0v) is 18.8. The number of benzene rings is 3. The summed E-state index contributed by atoms with van der Waals surface area (Å²) in [5.41, 5.74) is -0.526. The van der Waals surface area contributed by atoms with Crippen molar-refractivity contribution < 1.29 is 22.8 Å². The molecule has 4 rings (SSSR count). The van der Waals surface area contributed by atoms with Gasteiger partial charge in [-0.2, -0.15) is 0 Å². The second kappa shape index (κ2) is 8.89. The molecular weight excluding hydrogens is 500 g/mol. The quantitative estimate of drug-likeness (QED) is 0.381. The molecule has 170 valence electrons. The maximum atomic E-state index is 15.0. The van der Waals surface area contributed by atoms with E-state index in [0.717, 1.165) is 18.2 Å². The smallest absolute Gasteiger partial charge is 0.261 e. The minimum Gasteiger partial charge on any atom is -0.323 e. The molecule has 2 unspecified atom stereocenters. The number of para-hydroxylation sites is 1. The topological polar surface area (TPSA) is 58.2 Å². The zero-order valence-electron chi connectivity index (χ0n) is 16.5. The molecular formula is C23H14Cl3F3N2O2. The van der Waals surface area contributed by atoms with Crippen molar-refractivity contribution in [1.82, 2.24) is 0 Å². The Morgan fingerprint density at radius 3 is 2.21 bits per heavy atom. The molecule has 2 amide bonds. The van der Waals surface area contributed by atoms with E-state index < -0.39 is 56.7 Å². The zero-order chi connectivity index (χ0) is 23.9. The highest BCUT2D eigenvalue weighted by atomic mass is 35.5. The summed E-state index contributed by atoms with van der Waals surface area (Å²) in [6.07, 6.45) is 0. The third-order valence-corrected chi connectivity index (χ3v) is 6.48. The third kappa shape index (κ3) is 4.53. The Balaban J connectivity index is 1.55. The van der Waals surface area contributed by atoms with Crippen molar-refractivity contribution in [3.63, 3.8) is 0 Å². The molecule has 0 aromatic heterocycles. The van der Waals surface area contributed by atoms with Gasteiger partial charge < -0.3 is 10.6 Å². The van der Waals surface area contributed by atoms with Gasteiger partial charge in [-0.3, -0.25) is 9.59 Å². The number of carbonyl (C=O) groups is 2. The van der Waals surface area contributed by atoms with Crippen molar-refractivity contribution in [1.29, 1.82) is 0 Å². The molecule has 0 saturated heterocycles. The molecule has 0 spiro atoms. The maximum absolute atomic E-state index is 15.0. The summed E-state index contributed by atoms with van der Waals surface area (Å²) in [6, 6.07) is 13.8. The summed E-state index contributed by atoms with van der Waals surface area (Å²) >= 11 is 18.3. The average molecular weight is 514 g/mol. The number of rotatable bonds is 5. The first-order chi connectivity index (χ1) is 15.6. The van der Waals surface area contributed by atoms with Crippen LogP contribution in [-0.2, 0) is 4.79 Å². The second-order valence-corrected chi connectivity index (χ2v) is 9.25. The molecule has 1 saturated carbocycles. The van der Waals surface area contributed by atoms with Gasteiger partial charge in [-0.05, 0) is 42.0 Å². The number of halogens is 6. The normalized spacial score (nSPS) is 18.5. The number of anilines is 2. The molecule has 0 bridgehead atoms. The lowest BCUT2D eigenvalue weighted by molar-refractivity contribution is -0.117. The van der Waals surface area contributed by atoms with Crippen LogP contribution in [0.25, 0.3) is 0 Å². The fourth-order valence-corrected chi connectivity index (χ4v) is 4.57. The van der Waals surface area contributed by atoms with Crippen molar-refractivity contribution in [2.75, 3.05) is 10.6 Å². The van der Waals surface area contributed by atoms with Crippen molar-refractivity contribution in [2.24, 2.45) is 5.92 Å². The van der Waals surface area contributed by atoms with E-state index in [0.29, 0.717) is 11.3 Å². The number of hydrogen-bond acceptors (Lipinski definition) is 2. The van der Waals surface area contributed by atoms with E-state index >= 15 is 4.39 Å². The van der Waals surface area contributed by atoms with Crippen LogP contribution in [0.1, 0.15) is 21.8 Å². The van der Waals surface area contributed by atoms with Crippen LogP contribution in [0, 0.1) is 23.4 Å². The highest BCUT2D eigenvalue weighted by Gasteiger charge is 2.67. The van der Waals surface area contributed by atoms with Gasteiger partial charge in [-0.1, -0.05) is 35.9 Å². The first kappa shape index (κ1) is 23.4. The van der Waals surface area contributed by atoms with Crippen LogP contribution in [0.3, 0.4) is 0 Å². The van der Waals surface area contributed by atoms with Crippen molar-refractivity contribution in [3.8, 4) is 0 Å². The lowest BCUT2D eigenvalue weighted by atomic mass is 10.1. The highest BCUT2D eigenvalue weighted by molar-refractivity contribution is 6.53. The van der Waals surface area contributed by atoms with Crippen molar-refractivity contribution in [3.05, 3.63) is 94.3 Å². The summed E-state index contributed by atoms with van der Waals surface area (Å²) < 4.78 is 41.2. The van der Waals surface area contributed by atoms with E-state index in [4.69, 9.17) is 34.8 Å². The SMILES string of the molecule is O=C(Nc1ccccc1)c1c(F)ccc(NC(=O)C2C(c3ccc(F)c(Cl)c3)C2(Cl)Cl)c1F. The summed E-state index contributed by atoms with van der Waals surface area (Å²) in [4.78, 5) is 25.2. The molecule has 2 N–H and O–H groups in total. The summed E-state index contributed by atoms with van der Waals surface area (Å²) in [7, 11) is 0. The van der Waals surface area contributed by atoms with Crippen LogP contribution < -0.4 is 10.6 Å². The summed E-state index contributed by atoms with van der Waals surface area (Å²) in [5.74, 6) is -6.54. The molecule has 10 heteroatoms. The molecule has 1 aliphatic rings. The van der Waals surface area contributed by atoms with Crippen LogP contribution in [0.4, 0.5) is 24.5 Å². The Hall–Kier alpha value is -2.74. The van der Waals surface area contributed by atoms with Gasteiger partial charge in [0.2, 0.25) is 5.91 Å². The predicted molar refractivity (Wildman–Crippen MR) is 121 cm³/mol. The highest BCUT2D eigenvalue weighted by Crippen LogP contribution is 2.65. The van der Waals surface area contributed by atoms with E-state index in [1.807, 2.05) is 0 Å². The third-order valence-electron chi connectivity index (χ3n) is 5.25. The summed E-state index contributed by atoms with van der Waals surface area (Å²) in [5, 5.41) is 4.53. The Labute approximate surface area is 201 Å². The second-order valence-electron chi connectivity index (χ2n) is 7.40. The number of carbonyl (C=O) groups excluding carboxylic acids is 2. The number of alkyl halides is 2. The molecule has 1 fully saturated rings. The molecule has 0 aliphatic heterocycles. The number of hydrogen-bond donors (Lipinski definition) is 2. The van der Waals surface area contributed by atoms with E-state index in [9.17, 15) is 18.4 Å². The average Bonchev–Trinajstić information content (AvgIpc) is 3.35. The standard InChI is InChI=1S/C23H14Cl3F3N2O2/c24-13-10-11(6-7-14(13)27)18-19(23(18,25)26)22(33)31-16-9-8-15(28)17(20(16)29)21(32)30-12-4-2-1-3-5-12/h1-10,18-19H,(H,30,32)(H,31,33). The van der Waals surface area contributed by atoms with Gasteiger partial charge >= 0.3 is 0 Å². The number of nitrogens with one attached hydrogen (secondary N) is 2. The monoisotopic (exact) mass is 512 g/mol. The minimum atomic E-state index is -1.55. The van der Waals surface area contributed by atoms with Gasteiger partial charge in [-0.25, -0.2) is 13.2 Å².